The molecule has 0 fully saturated rings. The number of benzene rings is 1. The number of carbonyl (C=O) groups is 1. The minimum atomic E-state index is -0.204. The third kappa shape index (κ3) is 2.16. The molecule has 0 radical (unpaired) electrons. The fourth-order valence-corrected chi connectivity index (χ4v) is 2.09. The van der Waals surface area contributed by atoms with Crippen LogP contribution in [0.3, 0.4) is 0 Å². The summed E-state index contributed by atoms with van der Waals surface area (Å²) in [7, 11) is 1.79. The number of aromatic amines is 1. The fraction of sp³-hybridized carbons (Fsp3) is 0.214. The Morgan fingerprint density at radius 3 is 2.90 bits per heavy atom. The number of imidazole rings is 2. The maximum Gasteiger partial charge on any atom is 0.270 e. The van der Waals surface area contributed by atoms with Gasteiger partial charge in [-0.05, 0) is 19.1 Å². The molecular formula is C14H15N5O. The number of carbonyl (C=O) groups excluding carboxylic acids is 1. The lowest BCUT2D eigenvalue weighted by molar-refractivity contribution is 0.0930. The van der Waals surface area contributed by atoms with Gasteiger partial charge >= 0.3 is 0 Å². The standard InChI is InChI=1S/C14H15N5O/c1-9(16-14(20)12-7-15-8-19(12)2)13-17-10-5-3-4-6-11(10)18-13/h3-9H,1-2H3,(H,16,20)(H,17,18). The smallest absolute Gasteiger partial charge is 0.270 e. The molecule has 0 aliphatic carbocycles. The van der Waals surface area contributed by atoms with Crippen molar-refractivity contribution in [1.82, 2.24) is 24.8 Å². The first-order valence-corrected chi connectivity index (χ1v) is 6.37. The first kappa shape index (κ1) is 12.4. The highest BCUT2D eigenvalue weighted by Crippen LogP contribution is 2.15. The summed E-state index contributed by atoms with van der Waals surface area (Å²) in [5, 5.41) is 2.91. The zero-order valence-corrected chi connectivity index (χ0v) is 11.3. The maximum absolute atomic E-state index is 12.1. The Balaban J connectivity index is 1.80. The summed E-state index contributed by atoms with van der Waals surface area (Å²) in [4.78, 5) is 23.7. The van der Waals surface area contributed by atoms with Crippen molar-refractivity contribution in [2.45, 2.75) is 13.0 Å². The van der Waals surface area contributed by atoms with E-state index in [9.17, 15) is 4.79 Å². The Morgan fingerprint density at radius 2 is 2.20 bits per heavy atom. The van der Waals surface area contributed by atoms with Crippen LogP contribution in [-0.2, 0) is 7.05 Å². The molecule has 3 aromatic rings. The molecule has 6 heteroatoms. The van der Waals surface area contributed by atoms with E-state index in [1.165, 1.54) is 0 Å². The number of H-pyrrole nitrogens is 1. The third-order valence-electron chi connectivity index (χ3n) is 3.21. The van der Waals surface area contributed by atoms with Gasteiger partial charge in [0.2, 0.25) is 0 Å². The summed E-state index contributed by atoms with van der Waals surface area (Å²) in [6, 6.07) is 7.58. The Kier molecular flexibility index (Phi) is 2.98. The van der Waals surface area contributed by atoms with Crippen LogP contribution in [0.25, 0.3) is 11.0 Å². The van der Waals surface area contributed by atoms with Crippen molar-refractivity contribution < 1.29 is 4.79 Å². The molecule has 3 rings (SSSR count). The molecule has 0 saturated heterocycles. The fourth-order valence-electron chi connectivity index (χ4n) is 2.09. The molecule has 102 valence electrons. The quantitative estimate of drug-likeness (QED) is 0.761. The third-order valence-corrected chi connectivity index (χ3v) is 3.21. The number of nitrogens with one attached hydrogen (secondary N) is 2. The zero-order valence-electron chi connectivity index (χ0n) is 11.3. The van der Waals surface area contributed by atoms with Crippen LogP contribution >= 0.6 is 0 Å². The average molecular weight is 269 g/mol. The predicted octanol–water partition coefficient (Wildman–Crippen LogP) is 1.79. The summed E-state index contributed by atoms with van der Waals surface area (Å²) in [6.45, 7) is 1.89. The molecule has 0 saturated carbocycles. The molecule has 0 spiro atoms. The Morgan fingerprint density at radius 1 is 1.40 bits per heavy atom. The summed E-state index contributed by atoms with van der Waals surface area (Å²) in [6.07, 6.45) is 3.14. The van der Waals surface area contributed by atoms with Gasteiger partial charge in [0.05, 0.1) is 29.6 Å². The molecule has 1 unspecified atom stereocenters. The summed E-state index contributed by atoms with van der Waals surface area (Å²) in [5.41, 5.74) is 2.38. The summed E-state index contributed by atoms with van der Waals surface area (Å²) < 4.78 is 1.68. The molecule has 2 N–H and O–H groups in total. The molecule has 1 aromatic carbocycles. The minimum Gasteiger partial charge on any atom is -0.341 e. The highest BCUT2D eigenvalue weighted by Gasteiger charge is 2.16. The van der Waals surface area contributed by atoms with E-state index >= 15 is 0 Å². The van der Waals surface area contributed by atoms with Crippen LogP contribution in [0.4, 0.5) is 0 Å². The number of aryl methyl sites for hydroxylation is 1. The normalized spacial score (nSPS) is 12.5. The summed E-state index contributed by atoms with van der Waals surface area (Å²) in [5.74, 6) is 0.569. The molecule has 2 aromatic heterocycles. The topological polar surface area (TPSA) is 75.6 Å². The van der Waals surface area contributed by atoms with Crippen molar-refractivity contribution in [2.24, 2.45) is 7.05 Å². The van der Waals surface area contributed by atoms with E-state index in [1.807, 2.05) is 31.2 Å². The van der Waals surface area contributed by atoms with Crippen LogP contribution in [0.1, 0.15) is 29.3 Å². The number of aromatic nitrogens is 4. The van der Waals surface area contributed by atoms with E-state index in [1.54, 1.807) is 24.1 Å². The number of fused-ring (bicyclic) bond motifs is 1. The van der Waals surface area contributed by atoms with Gasteiger partial charge < -0.3 is 14.9 Å². The van der Waals surface area contributed by atoms with Gasteiger partial charge in [-0.25, -0.2) is 9.97 Å². The van der Waals surface area contributed by atoms with Crippen molar-refractivity contribution in [3.63, 3.8) is 0 Å². The SMILES string of the molecule is CC(NC(=O)c1cncn1C)c1nc2ccccc2[nH]1. The van der Waals surface area contributed by atoms with E-state index in [0.29, 0.717) is 5.69 Å². The van der Waals surface area contributed by atoms with Gasteiger partial charge in [0.15, 0.2) is 0 Å². The van der Waals surface area contributed by atoms with Crippen molar-refractivity contribution in [2.75, 3.05) is 0 Å². The minimum absolute atomic E-state index is 0.169. The Bertz CT molecular complexity index is 725. The first-order valence-electron chi connectivity index (χ1n) is 6.37. The number of nitrogens with zero attached hydrogens (tertiary/aromatic N) is 3. The van der Waals surface area contributed by atoms with Gasteiger partial charge in [0.25, 0.3) is 5.91 Å². The molecule has 1 atom stereocenters. The van der Waals surface area contributed by atoms with E-state index in [2.05, 4.69) is 20.3 Å². The second kappa shape index (κ2) is 4.80. The van der Waals surface area contributed by atoms with Crippen LogP contribution < -0.4 is 5.32 Å². The number of hydrogen-bond acceptors (Lipinski definition) is 3. The van der Waals surface area contributed by atoms with Gasteiger partial charge in [0.1, 0.15) is 11.5 Å². The van der Waals surface area contributed by atoms with Crippen molar-refractivity contribution in [3.05, 3.63) is 48.3 Å². The summed E-state index contributed by atoms with van der Waals surface area (Å²) >= 11 is 0. The van der Waals surface area contributed by atoms with Crippen LogP contribution in [0.5, 0.6) is 0 Å². The molecule has 1 amide bonds. The van der Waals surface area contributed by atoms with Gasteiger partial charge in [-0.3, -0.25) is 4.79 Å². The van der Waals surface area contributed by atoms with E-state index < -0.39 is 0 Å². The number of hydrogen-bond donors (Lipinski definition) is 2. The van der Waals surface area contributed by atoms with Crippen molar-refractivity contribution in [3.8, 4) is 0 Å². The number of rotatable bonds is 3. The number of para-hydroxylation sites is 2. The van der Waals surface area contributed by atoms with Crippen molar-refractivity contribution in [1.29, 1.82) is 0 Å². The molecular weight excluding hydrogens is 254 g/mol. The Labute approximate surface area is 115 Å². The van der Waals surface area contributed by atoms with E-state index in [-0.39, 0.29) is 11.9 Å². The van der Waals surface area contributed by atoms with Crippen LogP contribution in [0.15, 0.2) is 36.8 Å². The van der Waals surface area contributed by atoms with Crippen LogP contribution in [0, 0.1) is 0 Å². The second-order valence-electron chi connectivity index (χ2n) is 4.72. The molecule has 2 heterocycles. The van der Waals surface area contributed by atoms with Gasteiger partial charge in [-0.1, -0.05) is 12.1 Å². The highest BCUT2D eigenvalue weighted by atomic mass is 16.2. The molecule has 0 bridgehead atoms. The Hall–Kier alpha value is -2.63. The molecule has 0 aliphatic heterocycles. The van der Waals surface area contributed by atoms with Gasteiger partial charge in [-0.15, -0.1) is 0 Å². The molecule has 20 heavy (non-hydrogen) atoms. The second-order valence-corrected chi connectivity index (χ2v) is 4.72. The lowest BCUT2D eigenvalue weighted by Gasteiger charge is -2.11. The maximum atomic E-state index is 12.1. The molecule has 6 nitrogen and oxygen atoms in total. The van der Waals surface area contributed by atoms with E-state index in [4.69, 9.17) is 0 Å². The van der Waals surface area contributed by atoms with Crippen LogP contribution in [-0.4, -0.2) is 25.4 Å². The lowest BCUT2D eigenvalue weighted by atomic mass is 10.3. The largest absolute Gasteiger partial charge is 0.341 e. The molecule has 0 aliphatic rings. The monoisotopic (exact) mass is 269 g/mol. The predicted molar refractivity (Wildman–Crippen MR) is 75.2 cm³/mol. The lowest BCUT2D eigenvalue weighted by Crippen LogP contribution is -2.28. The average Bonchev–Trinajstić information content (AvgIpc) is 3.04. The van der Waals surface area contributed by atoms with E-state index in [0.717, 1.165) is 16.9 Å². The number of amides is 1. The van der Waals surface area contributed by atoms with Gasteiger partial charge in [0, 0.05) is 7.05 Å². The van der Waals surface area contributed by atoms with Crippen molar-refractivity contribution >= 4 is 16.9 Å². The van der Waals surface area contributed by atoms with Gasteiger partial charge in [-0.2, -0.15) is 0 Å². The zero-order chi connectivity index (χ0) is 14.1. The van der Waals surface area contributed by atoms with Crippen LogP contribution in [0.2, 0.25) is 0 Å². The first-order chi connectivity index (χ1) is 9.65. The highest BCUT2D eigenvalue weighted by molar-refractivity contribution is 5.92.